The van der Waals surface area contributed by atoms with Crippen molar-refractivity contribution in [2.45, 2.75) is 13.5 Å². The lowest BCUT2D eigenvalue weighted by Crippen LogP contribution is -2.15. The van der Waals surface area contributed by atoms with E-state index in [0.717, 1.165) is 5.56 Å². The van der Waals surface area contributed by atoms with Gasteiger partial charge in [-0.2, -0.15) is 0 Å². The first-order valence-electron chi connectivity index (χ1n) is 6.99. The Hall–Kier alpha value is -3.03. The summed E-state index contributed by atoms with van der Waals surface area (Å²) in [6.45, 7) is 1.84. The van der Waals surface area contributed by atoms with Crippen LogP contribution in [0.2, 0.25) is 0 Å². The average molecular weight is 326 g/mol. The third-order valence-electron chi connectivity index (χ3n) is 3.32. The summed E-state index contributed by atoms with van der Waals surface area (Å²) < 4.78 is 4.98. The lowest BCUT2D eigenvalue weighted by atomic mass is 9.88. The molecule has 0 unspecified atom stereocenters. The number of nitro benzene ring substituents is 1. The molecule has 122 valence electrons. The third-order valence-corrected chi connectivity index (χ3v) is 3.32. The number of rotatable bonds is 6. The van der Waals surface area contributed by atoms with Crippen LogP contribution in [0, 0.1) is 10.1 Å². The Morgan fingerprint density at radius 3 is 2.58 bits per heavy atom. The van der Waals surface area contributed by atoms with Crippen molar-refractivity contribution in [3.63, 3.8) is 0 Å². The number of benzene rings is 2. The number of nitro groups is 1. The number of non-ortho nitro benzene ring substituents is 1. The number of phenolic OH excluding ortho intramolecular Hbond substituents is 1. The van der Waals surface area contributed by atoms with Gasteiger partial charge in [0, 0.05) is 12.1 Å². The van der Waals surface area contributed by atoms with Crippen LogP contribution in [0.1, 0.15) is 18.1 Å². The predicted octanol–water partition coefficient (Wildman–Crippen LogP) is 2.04. The summed E-state index contributed by atoms with van der Waals surface area (Å²) in [5.74, 6) is 0.225. The van der Waals surface area contributed by atoms with Crippen LogP contribution in [0.15, 0.2) is 41.6 Å². The summed E-state index contributed by atoms with van der Waals surface area (Å²) in [6.07, 6.45) is 0. The molecule has 0 amide bonds. The Kier molecular flexibility index (Phi) is 5.41. The van der Waals surface area contributed by atoms with Crippen LogP contribution >= 0.6 is 0 Å². The first kappa shape index (κ1) is 17.3. The minimum Gasteiger partial charge on any atom is -0.504 e. The predicted molar refractivity (Wildman–Crippen MR) is 90.1 cm³/mol. The smallest absolute Gasteiger partial charge is 0.269 e. The molecule has 2 rings (SSSR count). The fourth-order valence-electron chi connectivity index (χ4n) is 2.03. The normalized spacial score (nSPS) is 11.2. The molecule has 2 aromatic carbocycles. The van der Waals surface area contributed by atoms with Gasteiger partial charge in [0.05, 0.1) is 17.7 Å². The van der Waals surface area contributed by atoms with E-state index in [2.05, 4.69) is 5.16 Å². The lowest BCUT2D eigenvalue weighted by Gasteiger charge is -2.10. The quantitative estimate of drug-likeness (QED) is 0.379. The standard InChI is InChI=1S/C16H15BN2O5/c1-10(13-7-15(20)16(23-2)8-14(13)17)18-24-9-11-3-5-12(6-4-11)19(21)22/h3-8,20H,9H2,1-2H3/b18-10+. The van der Waals surface area contributed by atoms with Crippen LogP contribution in [0.5, 0.6) is 11.5 Å². The second kappa shape index (κ2) is 7.50. The number of phenols is 1. The maximum atomic E-state index is 10.6. The van der Waals surface area contributed by atoms with Gasteiger partial charge in [0.25, 0.3) is 5.69 Å². The van der Waals surface area contributed by atoms with E-state index in [4.69, 9.17) is 17.4 Å². The highest BCUT2D eigenvalue weighted by Gasteiger charge is 2.09. The fourth-order valence-corrected chi connectivity index (χ4v) is 2.03. The van der Waals surface area contributed by atoms with Crippen molar-refractivity contribution in [1.29, 1.82) is 0 Å². The molecular weight excluding hydrogens is 311 g/mol. The second-order valence-corrected chi connectivity index (χ2v) is 4.98. The summed E-state index contributed by atoms with van der Waals surface area (Å²) >= 11 is 0. The van der Waals surface area contributed by atoms with Crippen LogP contribution in [-0.2, 0) is 11.4 Å². The number of methoxy groups -OCH3 is 1. The van der Waals surface area contributed by atoms with Gasteiger partial charge in [0.1, 0.15) is 14.5 Å². The molecule has 2 radical (unpaired) electrons. The summed E-state index contributed by atoms with van der Waals surface area (Å²) in [5.41, 5.74) is 2.15. The van der Waals surface area contributed by atoms with Crippen molar-refractivity contribution < 1.29 is 19.6 Å². The molecule has 8 heteroatoms. The average Bonchev–Trinajstić information content (AvgIpc) is 2.56. The molecule has 0 saturated carbocycles. The molecule has 7 nitrogen and oxygen atoms in total. The molecule has 0 saturated heterocycles. The van der Waals surface area contributed by atoms with Gasteiger partial charge < -0.3 is 14.7 Å². The first-order valence-corrected chi connectivity index (χ1v) is 6.99. The number of nitrogens with zero attached hydrogens (tertiary/aromatic N) is 2. The van der Waals surface area contributed by atoms with Crippen LogP contribution in [-0.4, -0.2) is 30.7 Å². The monoisotopic (exact) mass is 326 g/mol. The fraction of sp³-hybridized carbons (Fsp3) is 0.188. The van der Waals surface area contributed by atoms with Gasteiger partial charge in [-0.25, -0.2) is 0 Å². The Bertz CT molecular complexity index is 775. The molecule has 0 fully saturated rings. The molecular formula is C16H15BN2O5. The van der Waals surface area contributed by atoms with Gasteiger partial charge in [-0.1, -0.05) is 10.6 Å². The van der Waals surface area contributed by atoms with Gasteiger partial charge >= 0.3 is 0 Å². The molecule has 0 aliphatic rings. The maximum Gasteiger partial charge on any atom is 0.269 e. The number of hydrogen-bond acceptors (Lipinski definition) is 6. The van der Waals surface area contributed by atoms with Crippen molar-refractivity contribution in [1.82, 2.24) is 0 Å². The topological polar surface area (TPSA) is 94.2 Å². The number of hydrogen-bond donors (Lipinski definition) is 1. The Labute approximate surface area is 140 Å². The molecule has 0 heterocycles. The summed E-state index contributed by atoms with van der Waals surface area (Å²) in [5, 5.41) is 24.4. The van der Waals surface area contributed by atoms with E-state index in [-0.39, 0.29) is 23.8 Å². The van der Waals surface area contributed by atoms with Crippen LogP contribution in [0.3, 0.4) is 0 Å². The molecule has 24 heavy (non-hydrogen) atoms. The lowest BCUT2D eigenvalue weighted by molar-refractivity contribution is -0.384. The molecule has 0 aliphatic carbocycles. The van der Waals surface area contributed by atoms with E-state index in [1.54, 1.807) is 19.1 Å². The van der Waals surface area contributed by atoms with Crippen molar-refractivity contribution in [2.75, 3.05) is 7.11 Å². The first-order chi connectivity index (χ1) is 11.4. The third kappa shape index (κ3) is 4.04. The van der Waals surface area contributed by atoms with Crippen molar-refractivity contribution in [3.8, 4) is 11.5 Å². The van der Waals surface area contributed by atoms with Gasteiger partial charge in [0.2, 0.25) is 0 Å². The van der Waals surface area contributed by atoms with E-state index >= 15 is 0 Å². The summed E-state index contributed by atoms with van der Waals surface area (Å²) in [4.78, 5) is 15.4. The molecule has 2 aromatic rings. The summed E-state index contributed by atoms with van der Waals surface area (Å²) in [6, 6.07) is 8.93. The van der Waals surface area contributed by atoms with Gasteiger partial charge in [-0.05, 0) is 42.3 Å². The molecule has 0 aliphatic heterocycles. The van der Waals surface area contributed by atoms with Crippen molar-refractivity contribution in [3.05, 3.63) is 57.6 Å². The molecule has 0 spiro atoms. The Balaban J connectivity index is 2.06. The second-order valence-electron chi connectivity index (χ2n) is 4.98. The zero-order valence-electron chi connectivity index (χ0n) is 13.2. The largest absolute Gasteiger partial charge is 0.504 e. The zero-order chi connectivity index (χ0) is 17.7. The highest BCUT2D eigenvalue weighted by atomic mass is 16.6. The number of aromatic hydroxyl groups is 1. The van der Waals surface area contributed by atoms with E-state index < -0.39 is 4.92 Å². The molecule has 0 bridgehead atoms. The summed E-state index contributed by atoms with van der Waals surface area (Å²) in [7, 11) is 7.34. The minimum absolute atomic E-state index is 0.0138. The number of oxime groups is 1. The van der Waals surface area contributed by atoms with Crippen LogP contribution in [0.4, 0.5) is 5.69 Å². The van der Waals surface area contributed by atoms with E-state index in [0.29, 0.717) is 16.7 Å². The maximum absolute atomic E-state index is 10.6. The van der Waals surface area contributed by atoms with E-state index in [1.807, 2.05) is 0 Å². The number of ether oxygens (including phenoxy) is 1. The molecule has 0 atom stereocenters. The van der Waals surface area contributed by atoms with Crippen molar-refractivity contribution in [2.24, 2.45) is 5.16 Å². The van der Waals surface area contributed by atoms with Crippen LogP contribution in [0.25, 0.3) is 0 Å². The van der Waals surface area contributed by atoms with Crippen molar-refractivity contribution >= 4 is 24.7 Å². The Morgan fingerprint density at radius 2 is 2.00 bits per heavy atom. The Morgan fingerprint density at radius 1 is 1.33 bits per heavy atom. The van der Waals surface area contributed by atoms with E-state index in [1.165, 1.54) is 31.4 Å². The van der Waals surface area contributed by atoms with Gasteiger partial charge in [-0.15, -0.1) is 0 Å². The SMILES string of the molecule is [B]c1cc(OC)c(O)cc1/C(C)=N/OCc1ccc([N+](=O)[O-])cc1. The van der Waals surface area contributed by atoms with Gasteiger partial charge in [0.15, 0.2) is 11.5 Å². The highest BCUT2D eigenvalue weighted by molar-refractivity contribution is 6.37. The molecule has 0 aromatic heterocycles. The van der Waals surface area contributed by atoms with Crippen LogP contribution < -0.4 is 10.2 Å². The zero-order valence-corrected chi connectivity index (χ0v) is 13.2. The molecule has 1 N–H and O–H groups in total. The highest BCUT2D eigenvalue weighted by Crippen LogP contribution is 2.25. The van der Waals surface area contributed by atoms with E-state index in [9.17, 15) is 15.2 Å². The minimum atomic E-state index is -0.466. The van der Waals surface area contributed by atoms with Gasteiger partial charge in [-0.3, -0.25) is 10.1 Å².